The van der Waals surface area contributed by atoms with Gasteiger partial charge in [-0.25, -0.2) is 14.5 Å². The first-order chi connectivity index (χ1) is 13.5. The molecule has 28 heavy (non-hydrogen) atoms. The molecule has 0 aliphatic rings. The Kier molecular flexibility index (Phi) is 4.75. The first-order valence-electron chi connectivity index (χ1n) is 9.19. The molecule has 0 radical (unpaired) electrons. The van der Waals surface area contributed by atoms with Gasteiger partial charge in [0.05, 0.1) is 11.8 Å². The number of fused-ring (bicyclic) bond motifs is 1. The van der Waals surface area contributed by atoms with E-state index in [1.165, 1.54) is 0 Å². The Labute approximate surface area is 163 Å². The molecule has 0 unspecified atom stereocenters. The van der Waals surface area contributed by atoms with E-state index in [0.29, 0.717) is 18.1 Å². The van der Waals surface area contributed by atoms with Crippen molar-refractivity contribution in [2.45, 2.75) is 33.4 Å². The highest BCUT2D eigenvalue weighted by Crippen LogP contribution is 2.20. The van der Waals surface area contributed by atoms with Crippen LogP contribution in [0.1, 0.15) is 30.0 Å². The average molecular weight is 374 g/mol. The Morgan fingerprint density at radius 2 is 1.86 bits per heavy atom. The largest absolute Gasteiger partial charge is 0.392 e. The number of aliphatic hydroxyl groups is 1. The van der Waals surface area contributed by atoms with Gasteiger partial charge in [0.1, 0.15) is 5.82 Å². The highest BCUT2D eigenvalue weighted by atomic mass is 16.3. The van der Waals surface area contributed by atoms with Crippen LogP contribution in [0, 0.1) is 13.8 Å². The van der Waals surface area contributed by atoms with Crippen molar-refractivity contribution in [3.05, 3.63) is 65.6 Å². The number of hydrogen-bond donors (Lipinski definition) is 1. The molecule has 142 valence electrons. The predicted molar refractivity (Wildman–Crippen MR) is 109 cm³/mol. The van der Waals surface area contributed by atoms with Gasteiger partial charge in [-0.15, -0.1) is 5.10 Å². The van der Waals surface area contributed by atoms with Crippen molar-refractivity contribution in [3.63, 3.8) is 0 Å². The maximum Gasteiger partial charge on any atom is 0.253 e. The van der Waals surface area contributed by atoms with E-state index in [4.69, 9.17) is 4.98 Å². The van der Waals surface area contributed by atoms with Gasteiger partial charge in [0.15, 0.2) is 5.82 Å². The molecule has 4 aromatic rings. The molecule has 4 rings (SSSR count). The number of hydrogen-bond acceptors (Lipinski definition) is 5. The van der Waals surface area contributed by atoms with Gasteiger partial charge in [0, 0.05) is 29.7 Å². The Balaban J connectivity index is 1.70. The molecule has 7 heteroatoms. The predicted octanol–water partition coefficient (Wildman–Crippen LogP) is 3.16. The summed E-state index contributed by atoms with van der Waals surface area (Å²) >= 11 is 0. The molecule has 1 atom stereocenters. The second-order valence-electron chi connectivity index (χ2n) is 6.91. The highest BCUT2D eigenvalue weighted by molar-refractivity contribution is 5.67. The third kappa shape index (κ3) is 3.70. The first-order valence-corrected chi connectivity index (χ1v) is 9.19. The Hall–Kier alpha value is -3.32. The summed E-state index contributed by atoms with van der Waals surface area (Å²) in [6.07, 6.45) is 5.16. The fourth-order valence-electron chi connectivity index (χ4n) is 3.14. The van der Waals surface area contributed by atoms with Crippen molar-refractivity contribution in [1.29, 1.82) is 0 Å². The van der Waals surface area contributed by atoms with E-state index in [1.807, 2.05) is 73.2 Å². The molecular formula is C21H22N6O. The van der Waals surface area contributed by atoms with E-state index in [-0.39, 0.29) is 0 Å². The van der Waals surface area contributed by atoms with E-state index in [1.54, 1.807) is 11.4 Å². The third-order valence-corrected chi connectivity index (χ3v) is 4.35. The topological polar surface area (TPSA) is 81.1 Å². The normalized spacial score (nSPS) is 12.9. The van der Waals surface area contributed by atoms with E-state index in [0.717, 1.165) is 28.5 Å². The maximum atomic E-state index is 9.84. The standard InChI is InChI=1S/C21H22N6O/c1-14-11-15(2)27-21(22-14)24-19(25-27)9-10-20-23-18(13-26(20)12-16(3)28)17-7-5-4-6-8-17/h4-11,13,16,28H,12H2,1-3H3/b10-9+/t16-/m0/s1. The molecule has 7 nitrogen and oxygen atoms in total. The number of benzene rings is 1. The van der Waals surface area contributed by atoms with Gasteiger partial charge in [0.25, 0.3) is 5.78 Å². The van der Waals surface area contributed by atoms with E-state index in [2.05, 4.69) is 15.1 Å². The molecule has 0 saturated carbocycles. The fourth-order valence-corrected chi connectivity index (χ4v) is 3.14. The Morgan fingerprint density at radius 1 is 1.07 bits per heavy atom. The van der Waals surface area contributed by atoms with Crippen LogP contribution in [0.25, 0.3) is 29.2 Å². The lowest BCUT2D eigenvalue weighted by Crippen LogP contribution is -2.12. The zero-order valence-corrected chi connectivity index (χ0v) is 16.1. The summed E-state index contributed by atoms with van der Waals surface area (Å²) in [5.41, 5.74) is 3.78. The van der Waals surface area contributed by atoms with Crippen molar-refractivity contribution in [2.24, 2.45) is 0 Å². The smallest absolute Gasteiger partial charge is 0.253 e. The fraction of sp³-hybridized carbons (Fsp3) is 0.238. The van der Waals surface area contributed by atoms with Crippen molar-refractivity contribution in [1.82, 2.24) is 29.1 Å². The van der Waals surface area contributed by atoms with Gasteiger partial charge in [0.2, 0.25) is 0 Å². The van der Waals surface area contributed by atoms with Gasteiger partial charge >= 0.3 is 0 Å². The SMILES string of the molecule is Cc1cc(C)n2nc(/C=C/c3nc(-c4ccccc4)cn3C[C@H](C)O)nc2n1. The van der Waals surface area contributed by atoms with Crippen molar-refractivity contribution >= 4 is 17.9 Å². The average Bonchev–Trinajstić information content (AvgIpc) is 3.24. The number of aromatic nitrogens is 6. The molecule has 1 aromatic carbocycles. The first kappa shape index (κ1) is 18.1. The van der Waals surface area contributed by atoms with Crippen LogP contribution in [0.2, 0.25) is 0 Å². The molecule has 0 bridgehead atoms. The van der Waals surface area contributed by atoms with Crippen LogP contribution in [0.4, 0.5) is 0 Å². The van der Waals surface area contributed by atoms with Gasteiger partial charge in [-0.2, -0.15) is 4.98 Å². The van der Waals surface area contributed by atoms with E-state index >= 15 is 0 Å². The zero-order valence-electron chi connectivity index (χ0n) is 16.1. The number of nitrogens with zero attached hydrogens (tertiary/aromatic N) is 6. The zero-order chi connectivity index (χ0) is 19.7. The lowest BCUT2D eigenvalue weighted by molar-refractivity contribution is 0.173. The lowest BCUT2D eigenvalue weighted by Gasteiger charge is -2.06. The molecule has 0 spiro atoms. The maximum absolute atomic E-state index is 9.84. The summed E-state index contributed by atoms with van der Waals surface area (Å²) in [7, 11) is 0. The minimum absolute atomic E-state index is 0.456. The van der Waals surface area contributed by atoms with Crippen LogP contribution in [-0.2, 0) is 6.54 Å². The summed E-state index contributed by atoms with van der Waals surface area (Å²) < 4.78 is 3.66. The monoisotopic (exact) mass is 374 g/mol. The van der Waals surface area contributed by atoms with Gasteiger partial charge < -0.3 is 9.67 Å². The second kappa shape index (κ2) is 7.36. The van der Waals surface area contributed by atoms with Crippen molar-refractivity contribution in [3.8, 4) is 11.3 Å². The Bertz CT molecular complexity index is 1140. The molecule has 0 aliphatic carbocycles. The summed E-state index contributed by atoms with van der Waals surface area (Å²) in [6, 6.07) is 11.9. The van der Waals surface area contributed by atoms with Crippen LogP contribution in [-0.4, -0.2) is 40.3 Å². The van der Waals surface area contributed by atoms with Crippen LogP contribution >= 0.6 is 0 Å². The molecule has 0 aliphatic heterocycles. The summed E-state index contributed by atoms with van der Waals surface area (Å²) in [5.74, 6) is 1.88. The summed E-state index contributed by atoms with van der Waals surface area (Å²) in [6.45, 7) is 6.13. The highest BCUT2D eigenvalue weighted by Gasteiger charge is 2.10. The molecule has 0 amide bonds. The molecule has 3 aromatic heterocycles. The van der Waals surface area contributed by atoms with Crippen LogP contribution in [0.15, 0.2) is 42.6 Å². The number of aliphatic hydroxyl groups excluding tert-OH is 1. The molecule has 1 N–H and O–H groups in total. The van der Waals surface area contributed by atoms with Crippen LogP contribution in [0.3, 0.4) is 0 Å². The minimum Gasteiger partial charge on any atom is -0.392 e. The number of aryl methyl sites for hydroxylation is 2. The lowest BCUT2D eigenvalue weighted by atomic mass is 10.2. The van der Waals surface area contributed by atoms with Crippen LogP contribution < -0.4 is 0 Å². The van der Waals surface area contributed by atoms with Gasteiger partial charge in [-0.3, -0.25) is 0 Å². The molecule has 0 saturated heterocycles. The summed E-state index contributed by atoms with van der Waals surface area (Å²) in [5, 5.41) is 14.3. The van der Waals surface area contributed by atoms with E-state index in [9.17, 15) is 5.11 Å². The second-order valence-corrected chi connectivity index (χ2v) is 6.91. The van der Waals surface area contributed by atoms with Gasteiger partial charge in [-0.05, 0) is 39.0 Å². The van der Waals surface area contributed by atoms with Crippen molar-refractivity contribution < 1.29 is 5.11 Å². The number of rotatable bonds is 5. The third-order valence-electron chi connectivity index (χ3n) is 4.35. The molecular weight excluding hydrogens is 352 g/mol. The van der Waals surface area contributed by atoms with Crippen LogP contribution in [0.5, 0.6) is 0 Å². The van der Waals surface area contributed by atoms with Gasteiger partial charge in [-0.1, -0.05) is 30.3 Å². The van der Waals surface area contributed by atoms with E-state index < -0.39 is 6.10 Å². The summed E-state index contributed by atoms with van der Waals surface area (Å²) in [4.78, 5) is 13.6. The molecule has 3 heterocycles. The quantitative estimate of drug-likeness (QED) is 0.580. The Morgan fingerprint density at radius 3 is 2.61 bits per heavy atom. The molecule has 0 fully saturated rings. The minimum atomic E-state index is -0.479. The number of imidazole rings is 1. The van der Waals surface area contributed by atoms with Crippen molar-refractivity contribution in [2.75, 3.05) is 0 Å².